The zero-order valence-corrected chi connectivity index (χ0v) is 17.9. The number of amides is 1. The standard InChI is InChI=1S/C20H25N3O5S/c1-14(2)28-19-16(9-7-11-18(19)27-5)13-21-22-20(24)15-8-6-10-17(12-15)29(25,26)23(3)4/h6-14H,1-5H3,(H,22,24)/b21-13-. The predicted octanol–water partition coefficient (Wildman–Crippen LogP) is 2.50. The van der Waals surface area contributed by atoms with Gasteiger partial charge in [0.15, 0.2) is 11.5 Å². The maximum atomic E-state index is 12.4. The highest BCUT2D eigenvalue weighted by atomic mass is 32.2. The summed E-state index contributed by atoms with van der Waals surface area (Å²) in [5, 5.41) is 3.97. The predicted molar refractivity (Wildman–Crippen MR) is 111 cm³/mol. The van der Waals surface area contributed by atoms with Gasteiger partial charge >= 0.3 is 0 Å². The van der Waals surface area contributed by atoms with Crippen molar-refractivity contribution in [2.75, 3.05) is 21.2 Å². The molecule has 9 heteroatoms. The van der Waals surface area contributed by atoms with Crippen LogP contribution in [0.25, 0.3) is 0 Å². The molecule has 0 saturated carbocycles. The summed E-state index contributed by atoms with van der Waals surface area (Å²) in [6.07, 6.45) is 1.37. The molecular formula is C20H25N3O5S. The minimum atomic E-state index is -3.64. The fourth-order valence-electron chi connectivity index (χ4n) is 2.39. The van der Waals surface area contributed by atoms with Crippen LogP contribution in [0.15, 0.2) is 52.5 Å². The minimum absolute atomic E-state index is 0.0274. The van der Waals surface area contributed by atoms with E-state index in [1.54, 1.807) is 25.3 Å². The lowest BCUT2D eigenvalue weighted by molar-refractivity contribution is 0.0955. The molecule has 0 aromatic heterocycles. The number of methoxy groups -OCH3 is 1. The summed E-state index contributed by atoms with van der Waals surface area (Å²) in [6, 6.07) is 11.1. The number of hydrazone groups is 1. The molecule has 0 atom stereocenters. The van der Waals surface area contributed by atoms with Crippen molar-refractivity contribution in [2.45, 2.75) is 24.8 Å². The van der Waals surface area contributed by atoms with E-state index in [4.69, 9.17) is 9.47 Å². The zero-order valence-electron chi connectivity index (χ0n) is 17.0. The first-order valence-electron chi connectivity index (χ1n) is 8.86. The van der Waals surface area contributed by atoms with E-state index in [9.17, 15) is 13.2 Å². The van der Waals surface area contributed by atoms with E-state index in [0.717, 1.165) is 4.31 Å². The molecule has 0 aliphatic rings. The normalized spacial score (nSPS) is 11.8. The lowest BCUT2D eigenvalue weighted by Crippen LogP contribution is -2.23. The van der Waals surface area contributed by atoms with E-state index in [0.29, 0.717) is 17.1 Å². The second-order valence-corrected chi connectivity index (χ2v) is 8.71. The summed E-state index contributed by atoms with van der Waals surface area (Å²) in [4.78, 5) is 12.4. The van der Waals surface area contributed by atoms with Crippen LogP contribution >= 0.6 is 0 Å². The molecule has 0 bridgehead atoms. The fourth-order valence-corrected chi connectivity index (χ4v) is 3.34. The molecule has 0 fully saturated rings. The van der Waals surface area contributed by atoms with Crippen LogP contribution in [0.3, 0.4) is 0 Å². The first-order chi connectivity index (χ1) is 13.7. The third-order valence-corrected chi connectivity index (χ3v) is 5.64. The Bertz CT molecular complexity index is 1000. The van der Waals surface area contributed by atoms with Crippen molar-refractivity contribution >= 4 is 22.1 Å². The highest BCUT2D eigenvalue weighted by Crippen LogP contribution is 2.30. The van der Waals surface area contributed by atoms with Gasteiger partial charge in [-0.3, -0.25) is 4.79 Å². The number of benzene rings is 2. The van der Waals surface area contributed by atoms with Gasteiger partial charge in [-0.15, -0.1) is 0 Å². The van der Waals surface area contributed by atoms with Crippen molar-refractivity contribution in [3.05, 3.63) is 53.6 Å². The molecule has 0 spiro atoms. The molecule has 29 heavy (non-hydrogen) atoms. The molecule has 0 heterocycles. The fraction of sp³-hybridized carbons (Fsp3) is 0.300. The zero-order chi connectivity index (χ0) is 21.6. The van der Waals surface area contributed by atoms with Gasteiger partial charge in [0.25, 0.3) is 5.91 Å². The van der Waals surface area contributed by atoms with Crippen LogP contribution in [0, 0.1) is 0 Å². The Balaban J connectivity index is 2.21. The van der Waals surface area contributed by atoms with Crippen LogP contribution in [-0.2, 0) is 10.0 Å². The van der Waals surface area contributed by atoms with Gasteiger partial charge in [-0.2, -0.15) is 5.10 Å². The Morgan fingerprint density at radius 3 is 2.48 bits per heavy atom. The highest BCUT2D eigenvalue weighted by molar-refractivity contribution is 7.89. The van der Waals surface area contributed by atoms with Gasteiger partial charge < -0.3 is 9.47 Å². The van der Waals surface area contributed by atoms with Gasteiger partial charge in [0.1, 0.15) is 0 Å². The van der Waals surface area contributed by atoms with E-state index in [-0.39, 0.29) is 16.6 Å². The lowest BCUT2D eigenvalue weighted by atomic mass is 10.2. The summed E-state index contributed by atoms with van der Waals surface area (Å²) in [5.41, 5.74) is 3.20. The van der Waals surface area contributed by atoms with E-state index in [1.807, 2.05) is 13.8 Å². The number of ether oxygens (including phenoxy) is 2. The van der Waals surface area contributed by atoms with Crippen LogP contribution in [-0.4, -0.2) is 52.2 Å². The van der Waals surface area contributed by atoms with Gasteiger partial charge in [-0.1, -0.05) is 12.1 Å². The summed E-state index contributed by atoms with van der Waals surface area (Å²) in [6.45, 7) is 3.79. The van der Waals surface area contributed by atoms with Gasteiger partial charge in [0, 0.05) is 25.2 Å². The molecular weight excluding hydrogens is 394 g/mol. The van der Waals surface area contributed by atoms with Crippen molar-refractivity contribution in [2.24, 2.45) is 5.10 Å². The molecule has 156 valence electrons. The maximum absolute atomic E-state index is 12.4. The summed E-state index contributed by atoms with van der Waals surface area (Å²) in [5.74, 6) is 0.531. The van der Waals surface area contributed by atoms with E-state index in [1.165, 1.54) is 44.6 Å². The smallest absolute Gasteiger partial charge is 0.271 e. The third-order valence-electron chi connectivity index (χ3n) is 3.83. The molecule has 2 rings (SSSR count). The Labute approximate surface area is 171 Å². The molecule has 0 radical (unpaired) electrons. The van der Waals surface area contributed by atoms with Gasteiger partial charge in [-0.25, -0.2) is 18.1 Å². The number of sulfonamides is 1. The monoisotopic (exact) mass is 419 g/mol. The second-order valence-electron chi connectivity index (χ2n) is 6.56. The van der Waals surface area contributed by atoms with Gasteiger partial charge in [0.05, 0.1) is 24.3 Å². The Hall–Kier alpha value is -2.91. The minimum Gasteiger partial charge on any atom is -0.493 e. The Kier molecular flexibility index (Phi) is 7.35. The first kappa shape index (κ1) is 22.4. The molecule has 8 nitrogen and oxygen atoms in total. The first-order valence-corrected chi connectivity index (χ1v) is 10.3. The topological polar surface area (TPSA) is 97.3 Å². The number of carbonyl (C=O) groups excluding carboxylic acids is 1. The second kappa shape index (κ2) is 9.53. The van der Waals surface area contributed by atoms with Crippen molar-refractivity contribution in [1.29, 1.82) is 0 Å². The van der Waals surface area contributed by atoms with Gasteiger partial charge in [-0.05, 0) is 44.2 Å². The number of nitrogens with one attached hydrogen (secondary N) is 1. The SMILES string of the molecule is COc1cccc(/C=N\NC(=O)c2cccc(S(=O)(=O)N(C)C)c2)c1OC(C)C. The van der Waals surface area contributed by atoms with Crippen molar-refractivity contribution in [3.8, 4) is 11.5 Å². The number of hydrogen-bond donors (Lipinski definition) is 1. The Morgan fingerprint density at radius 1 is 1.17 bits per heavy atom. The average Bonchev–Trinajstić information content (AvgIpc) is 2.68. The number of para-hydroxylation sites is 1. The van der Waals surface area contributed by atoms with Crippen molar-refractivity contribution in [1.82, 2.24) is 9.73 Å². The van der Waals surface area contributed by atoms with Crippen LogP contribution in [0.1, 0.15) is 29.8 Å². The third kappa shape index (κ3) is 5.55. The maximum Gasteiger partial charge on any atom is 0.271 e. The largest absolute Gasteiger partial charge is 0.493 e. The number of carbonyl (C=O) groups is 1. The number of hydrogen-bond acceptors (Lipinski definition) is 6. The molecule has 1 N–H and O–H groups in total. The summed E-state index contributed by atoms with van der Waals surface area (Å²) in [7, 11) is 0.761. The van der Waals surface area contributed by atoms with E-state index < -0.39 is 15.9 Å². The van der Waals surface area contributed by atoms with Crippen molar-refractivity contribution in [3.63, 3.8) is 0 Å². The summed E-state index contributed by atoms with van der Waals surface area (Å²) >= 11 is 0. The quantitative estimate of drug-likeness (QED) is 0.524. The Morgan fingerprint density at radius 2 is 1.86 bits per heavy atom. The highest BCUT2D eigenvalue weighted by Gasteiger charge is 2.18. The van der Waals surface area contributed by atoms with Crippen molar-refractivity contribution < 1.29 is 22.7 Å². The molecule has 1 amide bonds. The molecule has 0 unspecified atom stereocenters. The average molecular weight is 420 g/mol. The van der Waals surface area contributed by atoms with E-state index in [2.05, 4.69) is 10.5 Å². The molecule has 2 aromatic carbocycles. The van der Waals surface area contributed by atoms with Gasteiger partial charge in [0.2, 0.25) is 10.0 Å². The summed E-state index contributed by atoms with van der Waals surface area (Å²) < 4.78 is 36.6. The van der Waals surface area contributed by atoms with Crippen LogP contribution in [0.4, 0.5) is 0 Å². The van der Waals surface area contributed by atoms with E-state index >= 15 is 0 Å². The lowest BCUT2D eigenvalue weighted by Gasteiger charge is -2.15. The molecule has 0 aliphatic carbocycles. The molecule has 0 aliphatic heterocycles. The number of rotatable bonds is 8. The van der Waals surface area contributed by atoms with Crippen LogP contribution < -0.4 is 14.9 Å². The molecule has 0 saturated heterocycles. The van der Waals surface area contributed by atoms with Crippen LogP contribution in [0.2, 0.25) is 0 Å². The molecule has 2 aromatic rings. The van der Waals surface area contributed by atoms with Crippen LogP contribution in [0.5, 0.6) is 11.5 Å². The number of nitrogens with zero attached hydrogens (tertiary/aromatic N) is 2.